The molecule has 0 aliphatic rings. The lowest BCUT2D eigenvalue weighted by atomic mass is 9.98. The van der Waals surface area contributed by atoms with Gasteiger partial charge in [-0.2, -0.15) is 0 Å². The maximum absolute atomic E-state index is 10.8. The van der Waals surface area contributed by atoms with E-state index in [0.717, 1.165) is 12.0 Å². The summed E-state index contributed by atoms with van der Waals surface area (Å²) >= 11 is 0. The number of nitro groups is 1. The molecule has 4 heteroatoms. The van der Waals surface area contributed by atoms with Crippen molar-refractivity contribution in [2.75, 3.05) is 0 Å². The molecule has 0 heterocycles. The molecule has 0 bridgehead atoms. The first-order valence-corrected chi connectivity index (χ1v) is 5.47. The Morgan fingerprint density at radius 1 is 1.50 bits per heavy atom. The molecule has 16 heavy (non-hydrogen) atoms. The number of benzene rings is 1. The van der Waals surface area contributed by atoms with E-state index in [2.05, 4.69) is 0 Å². The maximum Gasteiger partial charge on any atom is 0.272 e. The van der Waals surface area contributed by atoms with Gasteiger partial charge in [0, 0.05) is 18.1 Å². The van der Waals surface area contributed by atoms with Crippen LogP contribution in [0.3, 0.4) is 0 Å². The van der Waals surface area contributed by atoms with E-state index in [-0.39, 0.29) is 10.6 Å². The molecule has 0 spiro atoms. The molecule has 0 saturated carbocycles. The number of rotatable bonds is 5. The lowest BCUT2D eigenvalue weighted by Gasteiger charge is -2.11. The molecule has 0 aromatic heterocycles. The van der Waals surface area contributed by atoms with Gasteiger partial charge in [0.05, 0.1) is 11.0 Å². The van der Waals surface area contributed by atoms with E-state index in [4.69, 9.17) is 0 Å². The summed E-state index contributed by atoms with van der Waals surface area (Å²) < 4.78 is 0. The number of aliphatic hydroxyl groups is 1. The Labute approximate surface area is 95.1 Å². The van der Waals surface area contributed by atoms with Crippen molar-refractivity contribution >= 4 is 5.69 Å². The molecule has 0 saturated heterocycles. The third kappa shape index (κ3) is 3.03. The second-order valence-corrected chi connectivity index (χ2v) is 3.98. The van der Waals surface area contributed by atoms with Crippen LogP contribution in [0.2, 0.25) is 0 Å². The fourth-order valence-corrected chi connectivity index (χ4v) is 1.79. The highest BCUT2D eigenvalue weighted by Gasteiger charge is 2.17. The van der Waals surface area contributed by atoms with E-state index < -0.39 is 6.10 Å². The van der Waals surface area contributed by atoms with Gasteiger partial charge in [0.15, 0.2) is 0 Å². The molecule has 4 nitrogen and oxygen atoms in total. The summed E-state index contributed by atoms with van der Waals surface area (Å²) in [6.45, 7) is 3.82. The van der Waals surface area contributed by atoms with Crippen molar-refractivity contribution in [1.29, 1.82) is 0 Å². The number of aryl methyl sites for hydroxylation is 1. The molecule has 0 fully saturated rings. The molecule has 1 aromatic carbocycles. The van der Waals surface area contributed by atoms with Crippen molar-refractivity contribution in [3.05, 3.63) is 39.4 Å². The van der Waals surface area contributed by atoms with Gasteiger partial charge in [0.1, 0.15) is 0 Å². The topological polar surface area (TPSA) is 63.4 Å². The third-order valence-corrected chi connectivity index (χ3v) is 2.64. The summed E-state index contributed by atoms with van der Waals surface area (Å²) in [6.07, 6.45) is 1.41. The second kappa shape index (κ2) is 5.61. The molecule has 1 N–H and O–H groups in total. The standard InChI is InChI=1S/C12H17NO3/c1-3-5-10(14)8-11-9(2)6-4-7-12(11)13(15)16/h4,6-7,10,14H,3,5,8H2,1-2H3. The third-order valence-electron chi connectivity index (χ3n) is 2.64. The molecule has 0 amide bonds. The molecule has 0 radical (unpaired) electrons. The van der Waals surface area contributed by atoms with E-state index in [1.54, 1.807) is 6.07 Å². The monoisotopic (exact) mass is 223 g/mol. The number of nitrogens with zero attached hydrogens (tertiary/aromatic N) is 1. The average Bonchev–Trinajstić information content (AvgIpc) is 2.21. The normalized spacial score (nSPS) is 12.4. The van der Waals surface area contributed by atoms with Crippen LogP contribution in [0.5, 0.6) is 0 Å². The van der Waals surface area contributed by atoms with Gasteiger partial charge in [0.2, 0.25) is 0 Å². The highest BCUT2D eigenvalue weighted by Crippen LogP contribution is 2.24. The van der Waals surface area contributed by atoms with Crippen molar-refractivity contribution in [1.82, 2.24) is 0 Å². The van der Waals surface area contributed by atoms with Crippen molar-refractivity contribution in [3.63, 3.8) is 0 Å². The lowest BCUT2D eigenvalue weighted by molar-refractivity contribution is -0.385. The van der Waals surface area contributed by atoms with E-state index in [1.165, 1.54) is 6.07 Å². The van der Waals surface area contributed by atoms with Crippen LogP contribution in [0.15, 0.2) is 18.2 Å². The summed E-state index contributed by atoms with van der Waals surface area (Å²) in [4.78, 5) is 10.4. The van der Waals surface area contributed by atoms with Gasteiger partial charge in [-0.25, -0.2) is 0 Å². The van der Waals surface area contributed by atoms with Crippen molar-refractivity contribution in [2.24, 2.45) is 0 Å². The van der Waals surface area contributed by atoms with Crippen LogP contribution in [0.1, 0.15) is 30.9 Å². The molecule has 1 unspecified atom stereocenters. The molecule has 0 aliphatic heterocycles. The predicted octanol–water partition coefficient (Wildman–Crippen LogP) is 2.61. The molecular weight excluding hydrogens is 206 g/mol. The van der Waals surface area contributed by atoms with Gasteiger partial charge in [-0.3, -0.25) is 10.1 Å². The smallest absolute Gasteiger partial charge is 0.272 e. The molecule has 1 atom stereocenters. The molecule has 88 valence electrons. The largest absolute Gasteiger partial charge is 0.393 e. The first-order valence-electron chi connectivity index (χ1n) is 5.47. The van der Waals surface area contributed by atoms with Gasteiger partial charge in [-0.05, 0) is 18.9 Å². The molecule has 1 aromatic rings. The van der Waals surface area contributed by atoms with Crippen LogP contribution in [0.4, 0.5) is 5.69 Å². The van der Waals surface area contributed by atoms with Gasteiger partial charge >= 0.3 is 0 Å². The Kier molecular flexibility index (Phi) is 4.43. The summed E-state index contributed by atoms with van der Waals surface area (Å²) in [6, 6.07) is 4.99. The highest BCUT2D eigenvalue weighted by atomic mass is 16.6. The molecule has 1 rings (SSSR count). The van der Waals surface area contributed by atoms with E-state index in [1.807, 2.05) is 19.9 Å². The highest BCUT2D eigenvalue weighted by molar-refractivity contribution is 5.45. The Morgan fingerprint density at radius 3 is 2.75 bits per heavy atom. The quantitative estimate of drug-likeness (QED) is 0.616. The first-order chi connectivity index (χ1) is 7.56. The van der Waals surface area contributed by atoms with Gasteiger partial charge < -0.3 is 5.11 Å². The minimum Gasteiger partial charge on any atom is -0.393 e. The van der Waals surface area contributed by atoms with Crippen molar-refractivity contribution < 1.29 is 10.0 Å². The second-order valence-electron chi connectivity index (χ2n) is 3.98. The zero-order valence-corrected chi connectivity index (χ0v) is 9.64. The van der Waals surface area contributed by atoms with Crippen LogP contribution in [0, 0.1) is 17.0 Å². The summed E-state index contributed by atoms with van der Waals surface area (Å²) in [7, 11) is 0. The predicted molar refractivity (Wildman–Crippen MR) is 62.5 cm³/mol. The number of nitro benzene ring substituents is 1. The lowest BCUT2D eigenvalue weighted by Crippen LogP contribution is -2.12. The summed E-state index contributed by atoms with van der Waals surface area (Å²) in [5.74, 6) is 0. The SMILES string of the molecule is CCCC(O)Cc1c(C)cccc1[N+](=O)[O-]. The Hall–Kier alpha value is -1.42. The Bertz CT molecular complexity index is 377. The van der Waals surface area contributed by atoms with Crippen LogP contribution in [0.25, 0.3) is 0 Å². The van der Waals surface area contributed by atoms with E-state index in [0.29, 0.717) is 18.4 Å². The zero-order valence-electron chi connectivity index (χ0n) is 9.64. The van der Waals surface area contributed by atoms with Crippen LogP contribution in [-0.2, 0) is 6.42 Å². The number of hydrogen-bond acceptors (Lipinski definition) is 3. The van der Waals surface area contributed by atoms with Crippen LogP contribution < -0.4 is 0 Å². The molecular formula is C12H17NO3. The zero-order chi connectivity index (χ0) is 12.1. The Morgan fingerprint density at radius 2 is 2.19 bits per heavy atom. The number of aliphatic hydroxyl groups excluding tert-OH is 1. The fraction of sp³-hybridized carbons (Fsp3) is 0.500. The van der Waals surface area contributed by atoms with Crippen molar-refractivity contribution in [3.8, 4) is 0 Å². The van der Waals surface area contributed by atoms with E-state index >= 15 is 0 Å². The van der Waals surface area contributed by atoms with Gasteiger partial charge in [-0.15, -0.1) is 0 Å². The van der Waals surface area contributed by atoms with Gasteiger partial charge in [-0.1, -0.05) is 25.5 Å². The summed E-state index contributed by atoms with van der Waals surface area (Å²) in [5, 5.41) is 20.5. The average molecular weight is 223 g/mol. The Balaban J connectivity index is 2.97. The molecule has 0 aliphatic carbocycles. The summed E-state index contributed by atoms with van der Waals surface area (Å²) in [5.41, 5.74) is 1.62. The van der Waals surface area contributed by atoms with E-state index in [9.17, 15) is 15.2 Å². The maximum atomic E-state index is 10.8. The minimum atomic E-state index is -0.496. The van der Waals surface area contributed by atoms with Gasteiger partial charge in [0.25, 0.3) is 5.69 Å². The van der Waals surface area contributed by atoms with Crippen LogP contribution >= 0.6 is 0 Å². The van der Waals surface area contributed by atoms with Crippen molar-refractivity contribution in [2.45, 2.75) is 39.2 Å². The van der Waals surface area contributed by atoms with Crippen LogP contribution in [-0.4, -0.2) is 16.1 Å². The first kappa shape index (κ1) is 12.6. The minimum absolute atomic E-state index is 0.107. The fourth-order valence-electron chi connectivity index (χ4n) is 1.79. The number of hydrogen-bond donors (Lipinski definition) is 1.